The van der Waals surface area contributed by atoms with Crippen LogP contribution in [0, 0.1) is 0 Å². The van der Waals surface area contributed by atoms with Crippen molar-refractivity contribution in [1.29, 1.82) is 0 Å². The average molecular weight is 404 g/mol. The smallest absolute Gasteiger partial charge is 0.250 e. The number of ether oxygens (including phenoxy) is 1. The van der Waals surface area contributed by atoms with Crippen molar-refractivity contribution in [3.63, 3.8) is 0 Å². The summed E-state index contributed by atoms with van der Waals surface area (Å²) < 4.78 is 5.18. The zero-order valence-electron chi connectivity index (χ0n) is 15.3. The lowest BCUT2D eigenvalue weighted by molar-refractivity contribution is -0.119. The van der Waals surface area contributed by atoms with Crippen LogP contribution in [0.4, 0.5) is 5.69 Å². The van der Waals surface area contributed by atoms with Crippen molar-refractivity contribution in [2.24, 2.45) is 4.99 Å². The number of nitrogens with zero attached hydrogens (tertiary/aromatic N) is 2. The Morgan fingerprint density at radius 3 is 2.70 bits per heavy atom. The molecule has 1 N–H and O–H groups in total. The molecule has 3 rings (SSSR count). The molecule has 2 aromatic rings. The van der Waals surface area contributed by atoms with Gasteiger partial charge in [-0.3, -0.25) is 15.1 Å². The molecule has 27 heavy (non-hydrogen) atoms. The predicted octanol–water partition coefficient (Wildman–Crippen LogP) is 3.62. The molecule has 1 saturated heterocycles. The second-order valence-corrected chi connectivity index (χ2v) is 7.27. The van der Waals surface area contributed by atoms with Gasteiger partial charge in [0.05, 0.1) is 29.4 Å². The molecule has 1 aliphatic rings. The molecule has 1 heterocycles. The Bertz CT molecular complexity index is 826. The minimum Gasteiger partial charge on any atom is -0.497 e. The molecule has 1 fully saturated rings. The highest BCUT2D eigenvalue weighted by Crippen LogP contribution is 2.27. The van der Waals surface area contributed by atoms with Crippen LogP contribution in [0.1, 0.15) is 5.56 Å². The zero-order chi connectivity index (χ0) is 19.2. The molecule has 1 amide bonds. The fourth-order valence-corrected chi connectivity index (χ4v) is 3.80. The Morgan fingerprint density at radius 2 is 2.04 bits per heavy atom. The highest BCUT2D eigenvalue weighted by atomic mass is 35.5. The largest absolute Gasteiger partial charge is 0.497 e. The number of piperazine rings is 1. The topological polar surface area (TPSA) is 53.9 Å². The molecule has 0 aromatic heterocycles. The van der Waals surface area contributed by atoms with E-state index in [-0.39, 0.29) is 5.91 Å². The molecule has 0 radical (unpaired) electrons. The number of hydrogen-bond acceptors (Lipinski definition) is 5. The molecule has 1 aliphatic heterocycles. The summed E-state index contributed by atoms with van der Waals surface area (Å²) in [5.41, 5.74) is 1.81. The molecular formula is C20H22ClN3O2S. The first-order valence-corrected chi connectivity index (χ1v) is 10.2. The van der Waals surface area contributed by atoms with Crippen molar-refractivity contribution in [3.8, 4) is 5.75 Å². The van der Waals surface area contributed by atoms with Gasteiger partial charge in [0.1, 0.15) is 11.8 Å². The number of halogens is 1. The van der Waals surface area contributed by atoms with E-state index in [2.05, 4.69) is 10.3 Å². The maximum atomic E-state index is 13.1. The van der Waals surface area contributed by atoms with Crippen LogP contribution in [0.15, 0.2) is 53.5 Å². The van der Waals surface area contributed by atoms with Gasteiger partial charge in [0.25, 0.3) is 5.91 Å². The quantitative estimate of drug-likeness (QED) is 0.612. The van der Waals surface area contributed by atoms with Crippen molar-refractivity contribution >= 4 is 40.0 Å². The number of nitrogens with one attached hydrogen (secondary N) is 1. The van der Waals surface area contributed by atoms with Crippen LogP contribution < -0.4 is 15.0 Å². The Labute approximate surface area is 168 Å². The van der Waals surface area contributed by atoms with E-state index in [0.29, 0.717) is 24.7 Å². The first kappa shape index (κ1) is 19.7. The normalized spacial score (nSPS) is 17.9. The molecule has 142 valence electrons. The van der Waals surface area contributed by atoms with E-state index >= 15 is 0 Å². The van der Waals surface area contributed by atoms with Gasteiger partial charge < -0.3 is 9.64 Å². The lowest BCUT2D eigenvalue weighted by Gasteiger charge is -2.33. The van der Waals surface area contributed by atoms with Gasteiger partial charge in [0.2, 0.25) is 0 Å². The van der Waals surface area contributed by atoms with Crippen LogP contribution in [0.25, 0.3) is 0 Å². The summed E-state index contributed by atoms with van der Waals surface area (Å²) in [6.45, 7) is 1.78. The maximum absolute atomic E-state index is 13.1. The summed E-state index contributed by atoms with van der Waals surface area (Å²) in [5.74, 6) is 0.782. The van der Waals surface area contributed by atoms with Crippen LogP contribution in [-0.4, -0.2) is 43.4 Å². The molecule has 0 spiro atoms. The molecular weight excluding hydrogens is 382 g/mol. The van der Waals surface area contributed by atoms with Gasteiger partial charge in [-0.25, -0.2) is 0 Å². The number of thioether (sulfide) groups is 1. The zero-order valence-corrected chi connectivity index (χ0v) is 16.9. The number of amides is 1. The summed E-state index contributed by atoms with van der Waals surface area (Å²) >= 11 is 7.78. The monoisotopic (exact) mass is 403 g/mol. The third-order valence-corrected chi connectivity index (χ3v) is 5.48. The fraction of sp³-hybridized carbons (Fsp3) is 0.300. The van der Waals surface area contributed by atoms with Gasteiger partial charge in [-0.05, 0) is 36.1 Å². The van der Waals surface area contributed by atoms with Crippen molar-refractivity contribution < 1.29 is 9.53 Å². The molecule has 7 heteroatoms. The van der Waals surface area contributed by atoms with E-state index in [1.54, 1.807) is 18.1 Å². The predicted molar refractivity (Wildman–Crippen MR) is 113 cm³/mol. The van der Waals surface area contributed by atoms with Crippen LogP contribution >= 0.6 is 23.4 Å². The summed E-state index contributed by atoms with van der Waals surface area (Å²) in [4.78, 5) is 19.5. The number of methoxy groups -OCH3 is 1. The number of benzene rings is 2. The summed E-state index contributed by atoms with van der Waals surface area (Å²) in [5, 5.41) is 4.63. The molecule has 2 aromatic carbocycles. The third kappa shape index (κ3) is 4.64. The standard InChI is InChI=1S/C20H22ClN3O2S/c1-26-15-9-7-14(8-10-15)13-23-19(27-2)18-20(25)24(12-11-22-18)17-6-4-3-5-16(17)21/h3-10,18,22H,11-13H2,1-2H3. The summed E-state index contributed by atoms with van der Waals surface area (Å²) in [7, 11) is 1.64. The second-order valence-electron chi connectivity index (χ2n) is 6.04. The number of aliphatic imine (C=N–C) groups is 1. The SMILES string of the molecule is COc1ccc(CN=C(SC)C2NCCN(c3ccccc3Cl)C2=O)cc1. The number of para-hydroxylation sites is 1. The van der Waals surface area contributed by atoms with Crippen molar-refractivity contribution in [2.45, 2.75) is 12.6 Å². The lowest BCUT2D eigenvalue weighted by atomic mass is 10.1. The number of carbonyl (C=O) groups is 1. The van der Waals surface area contributed by atoms with E-state index in [9.17, 15) is 4.79 Å². The highest BCUT2D eigenvalue weighted by molar-refractivity contribution is 8.13. The van der Waals surface area contributed by atoms with E-state index in [1.165, 1.54) is 11.8 Å². The average Bonchev–Trinajstić information content (AvgIpc) is 2.70. The van der Waals surface area contributed by atoms with E-state index < -0.39 is 6.04 Å². The highest BCUT2D eigenvalue weighted by Gasteiger charge is 2.33. The van der Waals surface area contributed by atoms with Gasteiger partial charge in [-0.15, -0.1) is 11.8 Å². The summed E-state index contributed by atoms with van der Waals surface area (Å²) in [6, 6.07) is 14.7. The molecule has 0 bridgehead atoms. The Balaban J connectivity index is 1.77. The first-order valence-electron chi connectivity index (χ1n) is 8.64. The van der Waals surface area contributed by atoms with Gasteiger partial charge in [-0.2, -0.15) is 0 Å². The van der Waals surface area contributed by atoms with Gasteiger partial charge in [0.15, 0.2) is 0 Å². The molecule has 0 saturated carbocycles. The van der Waals surface area contributed by atoms with Crippen LogP contribution in [0.3, 0.4) is 0 Å². The van der Waals surface area contributed by atoms with Crippen molar-refractivity contribution in [2.75, 3.05) is 31.4 Å². The number of carbonyl (C=O) groups excluding carboxylic acids is 1. The minimum atomic E-state index is -0.455. The molecule has 5 nitrogen and oxygen atoms in total. The fourth-order valence-electron chi connectivity index (χ4n) is 2.95. The Hall–Kier alpha value is -2.02. The second kappa shape index (κ2) is 9.26. The van der Waals surface area contributed by atoms with Crippen molar-refractivity contribution in [1.82, 2.24) is 5.32 Å². The van der Waals surface area contributed by atoms with E-state index in [4.69, 9.17) is 16.3 Å². The molecule has 0 aliphatic carbocycles. The van der Waals surface area contributed by atoms with E-state index in [0.717, 1.165) is 22.0 Å². The third-order valence-electron chi connectivity index (χ3n) is 4.37. The van der Waals surface area contributed by atoms with Crippen LogP contribution in [-0.2, 0) is 11.3 Å². The van der Waals surface area contributed by atoms with E-state index in [1.807, 2.05) is 48.7 Å². The maximum Gasteiger partial charge on any atom is 0.250 e. The van der Waals surface area contributed by atoms with Crippen molar-refractivity contribution in [3.05, 3.63) is 59.1 Å². The summed E-state index contributed by atoms with van der Waals surface area (Å²) in [6.07, 6.45) is 1.94. The lowest BCUT2D eigenvalue weighted by Crippen LogP contribution is -2.58. The van der Waals surface area contributed by atoms with Gasteiger partial charge in [0, 0.05) is 13.1 Å². The van der Waals surface area contributed by atoms with Crippen LogP contribution in [0.5, 0.6) is 5.75 Å². The Morgan fingerprint density at radius 1 is 1.30 bits per heavy atom. The van der Waals surface area contributed by atoms with Gasteiger partial charge >= 0.3 is 0 Å². The molecule has 1 unspecified atom stereocenters. The number of anilines is 1. The first-order chi connectivity index (χ1) is 13.1. The minimum absolute atomic E-state index is 0.0304. The van der Waals surface area contributed by atoms with Crippen LogP contribution in [0.2, 0.25) is 5.02 Å². The Kier molecular flexibility index (Phi) is 6.77. The molecule has 1 atom stereocenters. The van der Waals surface area contributed by atoms with Gasteiger partial charge in [-0.1, -0.05) is 35.9 Å². The number of rotatable bonds is 5. The number of hydrogen-bond donors (Lipinski definition) is 1.